The van der Waals surface area contributed by atoms with Gasteiger partial charge in [-0.05, 0) is 39.0 Å². The second-order valence-corrected chi connectivity index (χ2v) is 12.3. The topological polar surface area (TPSA) is 32.3 Å². The lowest BCUT2D eigenvalue weighted by atomic mass is 9.99. The van der Waals surface area contributed by atoms with Gasteiger partial charge in [0.1, 0.15) is 0 Å². The fourth-order valence-corrected chi connectivity index (χ4v) is 5.81. The van der Waals surface area contributed by atoms with Crippen LogP contribution in [0, 0.1) is 0 Å². The Labute approximate surface area is 241 Å². The van der Waals surface area contributed by atoms with E-state index in [1.165, 1.54) is 193 Å². The number of hydrogen-bond donors (Lipinski definition) is 2. The summed E-state index contributed by atoms with van der Waals surface area (Å²) in [6, 6.07) is 0. The molecule has 2 nitrogen and oxygen atoms in total. The Morgan fingerprint density at radius 2 is 0.684 bits per heavy atom. The van der Waals surface area contributed by atoms with E-state index in [0.29, 0.717) is 0 Å². The summed E-state index contributed by atoms with van der Waals surface area (Å²) in [4.78, 5) is 0. The van der Waals surface area contributed by atoms with Gasteiger partial charge in [0, 0.05) is 6.54 Å². The summed E-state index contributed by atoms with van der Waals surface area (Å²) in [7, 11) is 0. The summed E-state index contributed by atoms with van der Waals surface area (Å²) in [6.07, 6.45) is 46.3. The van der Waals surface area contributed by atoms with Crippen LogP contribution in [0.2, 0.25) is 0 Å². The van der Waals surface area contributed by atoms with E-state index in [1.54, 1.807) is 5.57 Å². The van der Waals surface area contributed by atoms with Crippen LogP contribution in [-0.2, 0) is 0 Å². The number of rotatable bonds is 33. The minimum Gasteiger partial charge on any atom is -0.317 e. The summed E-state index contributed by atoms with van der Waals surface area (Å²) >= 11 is 0. The zero-order valence-electron chi connectivity index (χ0n) is 26.7. The Bertz CT molecular complexity index is 447. The third-order valence-electron chi connectivity index (χ3n) is 8.55. The van der Waals surface area contributed by atoms with Crippen molar-refractivity contribution in [3.63, 3.8) is 0 Å². The number of nitrogens with one attached hydrogen (secondary N) is 1. The van der Waals surface area contributed by atoms with E-state index in [4.69, 9.17) is 5.21 Å². The van der Waals surface area contributed by atoms with Crippen molar-refractivity contribution in [3.8, 4) is 0 Å². The number of unbranched alkanes of at least 4 members (excludes halogenated alkanes) is 27. The molecule has 0 fully saturated rings. The first kappa shape index (κ1) is 37.7. The van der Waals surface area contributed by atoms with E-state index in [1.807, 2.05) is 0 Å². The van der Waals surface area contributed by atoms with Crippen LogP contribution in [-0.4, -0.2) is 11.8 Å². The molecule has 0 bridgehead atoms. The summed E-state index contributed by atoms with van der Waals surface area (Å²) < 4.78 is 0. The van der Waals surface area contributed by atoms with Crippen LogP contribution in [0.4, 0.5) is 0 Å². The highest BCUT2D eigenvalue weighted by molar-refractivity contribution is 4.99. The van der Waals surface area contributed by atoms with Crippen molar-refractivity contribution in [2.75, 3.05) is 6.54 Å². The fourth-order valence-electron chi connectivity index (χ4n) is 5.81. The minimum absolute atomic E-state index is 0.746. The maximum atomic E-state index is 8.55. The maximum absolute atomic E-state index is 8.55. The molecule has 2 N–H and O–H groups in total. The smallest absolute Gasteiger partial charge is 0.0207 e. The monoisotopic (exact) mass is 536 g/mol. The Hall–Kier alpha value is -0.340. The van der Waals surface area contributed by atoms with Crippen LogP contribution in [0.3, 0.4) is 0 Å². The fraction of sp³-hybridized carbons (Fsp3) is 0.944. The van der Waals surface area contributed by atoms with Crippen molar-refractivity contribution in [1.82, 2.24) is 5.48 Å². The van der Waals surface area contributed by atoms with Crippen molar-refractivity contribution < 1.29 is 5.21 Å². The van der Waals surface area contributed by atoms with Crippen molar-refractivity contribution >= 4 is 0 Å². The molecule has 0 aliphatic heterocycles. The first-order valence-corrected chi connectivity index (χ1v) is 17.9. The van der Waals surface area contributed by atoms with Gasteiger partial charge >= 0.3 is 0 Å². The van der Waals surface area contributed by atoms with Gasteiger partial charge in [-0.25, -0.2) is 5.48 Å². The van der Waals surface area contributed by atoms with Gasteiger partial charge in [0.2, 0.25) is 0 Å². The first-order chi connectivity index (χ1) is 18.8. The third kappa shape index (κ3) is 31.9. The van der Waals surface area contributed by atoms with Gasteiger partial charge in [-0.2, -0.15) is 0 Å². The molecule has 0 aromatic heterocycles. The van der Waals surface area contributed by atoms with Crippen LogP contribution in [0.1, 0.15) is 213 Å². The quantitative estimate of drug-likeness (QED) is 0.0497. The van der Waals surface area contributed by atoms with Crippen molar-refractivity contribution in [2.24, 2.45) is 0 Å². The molecule has 0 saturated carbocycles. The average Bonchev–Trinajstić information content (AvgIpc) is 2.93. The van der Waals surface area contributed by atoms with E-state index in [0.717, 1.165) is 13.0 Å². The Kier molecular flexibility index (Phi) is 34.4. The molecule has 0 saturated heterocycles. The van der Waals surface area contributed by atoms with Crippen LogP contribution < -0.4 is 5.48 Å². The van der Waals surface area contributed by atoms with Gasteiger partial charge in [-0.1, -0.05) is 186 Å². The molecule has 0 heterocycles. The summed E-state index contributed by atoms with van der Waals surface area (Å²) in [5, 5.41) is 8.55. The molecule has 0 aromatic rings. The molecule has 0 aromatic carbocycles. The molecule has 0 atom stereocenters. The normalized spacial score (nSPS) is 12.0. The first-order valence-electron chi connectivity index (χ1n) is 17.9. The molecule has 0 spiro atoms. The lowest BCUT2D eigenvalue weighted by Gasteiger charge is -2.08. The molecular weight excluding hydrogens is 462 g/mol. The largest absolute Gasteiger partial charge is 0.317 e. The summed E-state index contributed by atoms with van der Waals surface area (Å²) in [5.41, 5.74) is 3.97. The van der Waals surface area contributed by atoms with Gasteiger partial charge < -0.3 is 5.21 Å². The van der Waals surface area contributed by atoms with E-state index in [2.05, 4.69) is 25.4 Å². The number of allylic oxidation sites excluding steroid dienone is 2. The molecule has 0 aliphatic carbocycles. The van der Waals surface area contributed by atoms with Crippen LogP contribution in [0.5, 0.6) is 0 Å². The highest BCUT2D eigenvalue weighted by atomic mass is 16.5. The van der Waals surface area contributed by atoms with E-state index >= 15 is 0 Å². The molecule has 0 unspecified atom stereocenters. The van der Waals surface area contributed by atoms with Gasteiger partial charge in [-0.15, -0.1) is 0 Å². The van der Waals surface area contributed by atoms with Gasteiger partial charge in [0.15, 0.2) is 0 Å². The van der Waals surface area contributed by atoms with Crippen LogP contribution in [0.15, 0.2) is 11.6 Å². The maximum Gasteiger partial charge on any atom is 0.0207 e. The Morgan fingerprint density at radius 3 is 0.947 bits per heavy atom. The van der Waals surface area contributed by atoms with Gasteiger partial charge in [0.05, 0.1) is 0 Å². The second kappa shape index (κ2) is 34.7. The van der Waals surface area contributed by atoms with E-state index in [-0.39, 0.29) is 0 Å². The van der Waals surface area contributed by atoms with Crippen molar-refractivity contribution in [1.29, 1.82) is 0 Å². The zero-order chi connectivity index (χ0) is 27.6. The molecule has 0 aliphatic rings. The Balaban J connectivity index is 3.26. The summed E-state index contributed by atoms with van der Waals surface area (Å²) in [6.45, 7) is 5.31. The number of hydroxylamine groups is 1. The highest BCUT2D eigenvalue weighted by Crippen LogP contribution is 2.19. The molecule has 0 rings (SSSR count). The molecule has 2 heteroatoms. The lowest BCUT2D eigenvalue weighted by Crippen LogP contribution is -2.07. The minimum atomic E-state index is 0.746. The zero-order valence-corrected chi connectivity index (χ0v) is 26.7. The van der Waals surface area contributed by atoms with Crippen molar-refractivity contribution in [3.05, 3.63) is 11.6 Å². The van der Waals surface area contributed by atoms with Crippen molar-refractivity contribution in [2.45, 2.75) is 213 Å². The third-order valence-corrected chi connectivity index (χ3v) is 8.55. The lowest BCUT2D eigenvalue weighted by molar-refractivity contribution is 0.164. The molecule has 228 valence electrons. The highest BCUT2D eigenvalue weighted by Gasteiger charge is 2.00. The van der Waals surface area contributed by atoms with E-state index in [9.17, 15) is 0 Å². The summed E-state index contributed by atoms with van der Waals surface area (Å²) in [5.74, 6) is 0. The van der Waals surface area contributed by atoms with Gasteiger partial charge in [-0.3, -0.25) is 0 Å². The van der Waals surface area contributed by atoms with Crippen LogP contribution >= 0.6 is 0 Å². The SMILES string of the molecule is CC=C(CCCCCCCCCCCCCCCC)CCCCCCCCCCCCCCCCCNO. The predicted molar refractivity (Wildman–Crippen MR) is 172 cm³/mol. The van der Waals surface area contributed by atoms with Crippen LogP contribution in [0.25, 0.3) is 0 Å². The molecular formula is C36H73NO. The number of hydrogen-bond acceptors (Lipinski definition) is 2. The Morgan fingerprint density at radius 1 is 0.421 bits per heavy atom. The second-order valence-electron chi connectivity index (χ2n) is 12.3. The average molecular weight is 536 g/mol. The van der Waals surface area contributed by atoms with E-state index < -0.39 is 0 Å². The standard InChI is InChI=1S/C36H73NO/c1-3-5-6-7-8-9-10-11-15-18-21-24-27-30-33-36(4-2)34-31-28-25-22-19-16-13-12-14-17-20-23-26-29-32-35-37-38/h4,37-38H,3,5-35H2,1-2H3. The molecule has 0 radical (unpaired) electrons. The molecule has 0 amide bonds. The predicted octanol–water partition coefficient (Wildman–Crippen LogP) is 13.0. The van der Waals surface area contributed by atoms with Gasteiger partial charge in [0.25, 0.3) is 0 Å². The molecule has 38 heavy (non-hydrogen) atoms.